The van der Waals surface area contributed by atoms with Gasteiger partial charge in [-0.2, -0.15) is 0 Å². The standard InChI is InChI=1S/C18H20N2O3S/c1-3-12-19-24(22,23)17-11-7-10-16(13-17)18(21)20-14(2)15-8-5-4-6-9-15/h3-11,13-14,19H,1,12H2,2H3,(H,20,21)/t14-/m0/s1. The normalized spacial score (nSPS) is 12.4. The van der Waals surface area contributed by atoms with E-state index in [9.17, 15) is 13.2 Å². The summed E-state index contributed by atoms with van der Waals surface area (Å²) in [6.45, 7) is 5.48. The van der Waals surface area contributed by atoms with Gasteiger partial charge in [0.25, 0.3) is 5.91 Å². The zero-order chi connectivity index (χ0) is 17.6. The summed E-state index contributed by atoms with van der Waals surface area (Å²) in [6, 6.07) is 15.3. The van der Waals surface area contributed by atoms with Gasteiger partial charge in [0.15, 0.2) is 0 Å². The van der Waals surface area contributed by atoms with Gasteiger partial charge < -0.3 is 5.32 Å². The molecule has 6 heteroatoms. The first kappa shape index (κ1) is 17.9. The van der Waals surface area contributed by atoms with Gasteiger partial charge >= 0.3 is 0 Å². The SMILES string of the molecule is C=CCNS(=O)(=O)c1cccc(C(=O)N[C@@H](C)c2ccccc2)c1. The number of hydrogen-bond donors (Lipinski definition) is 2. The van der Waals surface area contributed by atoms with Gasteiger partial charge in [0.2, 0.25) is 10.0 Å². The molecule has 1 amide bonds. The molecule has 0 spiro atoms. The van der Waals surface area contributed by atoms with Crippen molar-refractivity contribution in [1.29, 1.82) is 0 Å². The zero-order valence-corrected chi connectivity index (χ0v) is 14.2. The van der Waals surface area contributed by atoms with Crippen molar-refractivity contribution in [3.05, 3.63) is 78.4 Å². The second-order valence-corrected chi connectivity index (χ2v) is 7.04. The summed E-state index contributed by atoms with van der Waals surface area (Å²) in [4.78, 5) is 12.4. The van der Waals surface area contributed by atoms with Gasteiger partial charge in [0.1, 0.15) is 0 Å². The molecule has 0 heterocycles. The smallest absolute Gasteiger partial charge is 0.251 e. The van der Waals surface area contributed by atoms with Crippen molar-refractivity contribution < 1.29 is 13.2 Å². The van der Waals surface area contributed by atoms with Crippen molar-refractivity contribution in [2.24, 2.45) is 0 Å². The molecule has 0 aliphatic heterocycles. The molecular formula is C18H20N2O3S. The maximum Gasteiger partial charge on any atom is 0.251 e. The lowest BCUT2D eigenvalue weighted by molar-refractivity contribution is 0.0939. The minimum absolute atomic E-state index is 0.0457. The average Bonchev–Trinajstić information content (AvgIpc) is 2.61. The second-order valence-electron chi connectivity index (χ2n) is 5.27. The van der Waals surface area contributed by atoms with E-state index >= 15 is 0 Å². The predicted octanol–water partition coefficient (Wildman–Crippen LogP) is 2.64. The fourth-order valence-corrected chi connectivity index (χ4v) is 3.21. The van der Waals surface area contributed by atoms with Crippen LogP contribution in [0.3, 0.4) is 0 Å². The largest absolute Gasteiger partial charge is 0.346 e. The minimum atomic E-state index is -3.66. The third-order valence-corrected chi connectivity index (χ3v) is 4.89. The summed E-state index contributed by atoms with van der Waals surface area (Å²) < 4.78 is 26.6. The summed E-state index contributed by atoms with van der Waals surface area (Å²) in [7, 11) is -3.66. The molecule has 0 saturated heterocycles. The van der Waals surface area contributed by atoms with Crippen LogP contribution in [0.2, 0.25) is 0 Å². The van der Waals surface area contributed by atoms with Gasteiger partial charge in [0, 0.05) is 12.1 Å². The molecule has 2 aromatic carbocycles. The molecule has 24 heavy (non-hydrogen) atoms. The summed E-state index contributed by atoms with van der Waals surface area (Å²) in [5.41, 5.74) is 1.27. The molecule has 0 radical (unpaired) electrons. The molecule has 2 N–H and O–H groups in total. The second kappa shape index (κ2) is 7.90. The molecule has 0 aromatic heterocycles. The third kappa shape index (κ3) is 4.53. The van der Waals surface area contributed by atoms with Crippen LogP contribution in [0, 0.1) is 0 Å². The molecule has 126 valence electrons. The number of nitrogens with one attached hydrogen (secondary N) is 2. The minimum Gasteiger partial charge on any atom is -0.346 e. The maximum absolute atomic E-state index is 12.4. The predicted molar refractivity (Wildman–Crippen MR) is 94.2 cm³/mol. The highest BCUT2D eigenvalue weighted by Crippen LogP contribution is 2.15. The van der Waals surface area contributed by atoms with E-state index in [1.165, 1.54) is 18.2 Å². The number of sulfonamides is 1. The van der Waals surface area contributed by atoms with Gasteiger partial charge in [-0.15, -0.1) is 6.58 Å². The number of rotatable bonds is 7. The van der Waals surface area contributed by atoms with Crippen LogP contribution in [0.4, 0.5) is 0 Å². The van der Waals surface area contributed by atoms with Gasteiger partial charge in [-0.25, -0.2) is 13.1 Å². The molecule has 0 aliphatic rings. The Bertz CT molecular complexity index is 817. The van der Waals surface area contributed by atoms with Gasteiger partial charge in [-0.1, -0.05) is 42.5 Å². The van der Waals surface area contributed by atoms with Crippen LogP contribution in [0.5, 0.6) is 0 Å². The molecule has 1 atom stereocenters. The topological polar surface area (TPSA) is 75.3 Å². The van der Waals surface area contributed by atoms with Crippen molar-refractivity contribution >= 4 is 15.9 Å². The van der Waals surface area contributed by atoms with Crippen molar-refractivity contribution in [2.75, 3.05) is 6.54 Å². The van der Waals surface area contributed by atoms with Crippen LogP contribution in [0.25, 0.3) is 0 Å². The van der Waals surface area contributed by atoms with Gasteiger partial charge in [-0.3, -0.25) is 4.79 Å². The van der Waals surface area contributed by atoms with Gasteiger partial charge in [-0.05, 0) is 30.7 Å². The maximum atomic E-state index is 12.4. The Kier molecular flexibility index (Phi) is 5.89. The highest BCUT2D eigenvalue weighted by atomic mass is 32.2. The van der Waals surface area contributed by atoms with E-state index in [1.54, 1.807) is 12.1 Å². The molecule has 5 nitrogen and oxygen atoms in total. The number of benzene rings is 2. The first-order chi connectivity index (χ1) is 11.4. The van der Waals surface area contributed by atoms with E-state index < -0.39 is 10.0 Å². The number of hydrogen-bond acceptors (Lipinski definition) is 3. The first-order valence-electron chi connectivity index (χ1n) is 7.50. The Morgan fingerprint density at radius 2 is 1.88 bits per heavy atom. The molecular weight excluding hydrogens is 324 g/mol. The van der Waals surface area contributed by atoms with Crippen LogP contribution < -0.4 is 10.0 Å². The Hall–Kier alpha value is -2.44. The number of amides is 1. The summed E-state index contributed by atoms with van der Waals surface area (Å²) in [5, 5.41) is 2.86. The van der Waals surface area contributed by atoms with Crippen LogP contribution in [0.1, 0.15) is 28.9 Å². The molecule has 0 saturated carbocycles. The van der Waals surface area contributed by atoms with Crippen LogP contribution in [0.15, 0.2) is 72.1 Å². The van der Waals surface area contributed by atoms with Crippen molar-refractivity contribution in [1.82, 2.24) is 10.0 Å². The lowest BCUT2D eigenvalue weighted by Crippen LogP contribution is -2.27. The van der Waals surface area contributed by atoms with Crippen LogP contribution in [-0.4, -0.2) is 20.9 Å². The molecule has 0 fully saturated rings. The van der Waals surface area contributed by atoms with Gasteiger partial charge in [0.05, 0.1) is 10.9 Å². The Morgan fingerprint density at radius 1 is 1.17 bits per heavy atom. The number of carbonyl (C=O) groups excluding carboxylic acids is 1. The van der Waals surface area contributed by atoms with Crippen LogP contribution >= 0.6 is 0 Å². The van der Waals surface area contributed by atoms with Crippen molar-refractivity contribution in [3.63, 3.8) is 0 Å². The lowest BCUT2D eigenvalue weighted by Gasteiger charge is -2.14. The zero-order valence-electron chi connectivity index (χ0n) is 13.4. The fraction of sp³-hybridized carbons (Fsp3) is 0.167. The number of carbonyl (C=O) groups is 1. The van der Waals surface area contributed by atoms with Crippen molar-refractivity contribution in [3.8, 4) is 0 Å². The van der Waals surface area contributed by atoms with E-state index in [0.29, 0.717) is 5.56 Å². The highest BCUT2D eigenvalue weighted by molar-refractivity contribution is 7.89. The summed E-state index contributed by atoms with van der Waals surface area (Å²) in [6.07, 6.45) is 1.45. The molecule has 2 rings (SSSR count). The average molecular weight is 344 g/mol. The Labute approximate surface area is 142 Å². The highest BCUT2D eigenvalue weighted by Gasteiger charge is 2.16. The summed E-state index contributed by atoms with van der Waals surface area (Å²) in [5.74, 6) is -0.327. The lowest BCUT2D eigenvalue weighted by atomic mass is 10.1. The third-order valence-electron chi connectivity index (χ3n) is 3.47. The Balaban J connectivity index is 2.16. The first-order valence-corrected chi connectivity index (χ1v) is 8.99. The Morgan fingerprint density at radius 3 is 2.54 bits per heavy atom. The van der Waals surface area contributed by atoms with Crippen molar-refractivity contribution in [2.45, 2.75) is 17.9 Å². The molecule has 0 unspecified atom stereocenters. The molecule has 0 aliphatic carbocycles. The van der Waals surface area contributed by atoms with E-state index in [1.807, 2.05) is 37.3 Å². The van der Waals surface area contributed by atoms with E-state index in [0.717, 1.165) is 5.56 Å². The van der Waals surface area contributed by atoms with E-state index in [-0.39, 0.29) is 23.4 Å². The fourth-order valence-electron chi connectivity index (χ4n) is 2.16. The quantitative estimate of drug-likeness (QED) is 0.758. The van der Waals surface area contributed by atoms with Crippen LogP contribution in [-0.2, 0) is 10.0 Å². The monoisotopic (exact) mass is 344 g/mol. The summed E-state index contributed by atoms with van der Waals surface area (Å²) >= 11 is 0. The molecule has 2 aromatic rings. The van der Waals surface area contributed by atoms with E-state index in [2.05, 4.69) is 16.6 Å². The molecule has 0 bridgehead atoms. The van der Waals surface area contributed by atoms with E-state index in [4.69, 9.17) is 0 Å².